The molecule has 1 amide bonds. The number of nitrogens with one attached hydrogen (secondary N) is 1. The van der Waals surface area contributed by atoms with Crippen LogP contribution >= 0.6 is 11.3 Å². The van der Waals surface area contributed by atoms with Crippen molar-refractivity contribution >= 4 is 17.2 Å². The highest BCUT2D eigenvalue weighted by molar-refractivity contribution is 7.14. The summed E-state index contributed by atoms with van der Waals surface area (Å²) in [6, 6.07) is 10.7. The molecule has 1 fully saturated rings. The predicted molar refractivity (Wildman–Crippen MR) is 113 cm³/mol. The number of carbonyl (C=O) groups is 1. The molecule has 1 aromatic carbocycles. The maximum absolute atomic E-state index is 12.4. The average molecular weight is 386 g/mol. The fraction of sp³-hybridized carbons (Fsp3) is 0.500. The van der Waals surface area contributed by atoms with Crippen molar-refractivity contribution in [1.29, 1.82) is 0 Å². The van der Waals surface area contributed by atoms with Gasteiger partial charge in [-0.25, -0.2) is 0 Å². The standard InChI is InChI=1S/C22H31N3OS/c1-4-20-14-21(27-17(20)3)22(26)23-15-18-6-8-19(9-7-18)16-25-12-10-24(5-2)11-13-25/h6-9,14H,4-5,10-13,15-16H2,1-3H3,(H,23,26). The molecule has 1 aliphatic rings. The Morgan fingerprint density at radius 1 is 1.04 bits per heavy atom. The highest BCUT2D eigenvalue weighted by Gasteiger charge is 2.15. The Labute approximate surface area is 167 Å². The van der Waals surface area contributed by atoms with Gasteiger partial charge in [0.15, 0.2) is 0 Å². The van der Waals surface area contributed by atoms with Crippen molar-refractivity contribution in [3.05, 3.63) is 56.8 Å². The van der Waals surface area contributed by atoms with Crippen molar-refractivity contribution in [1.82, 2.24) is 15.1 Å². The average Bonchev–Trinajstić information content (AvgIpc) is 3.08. The van der Waals surface area contributed by atoms with Crippen LogP contribution in [0, 0.1) is 6.92 Å². The van der Waals surface area contributed by atoms with Crippen LogP contribution < -0.4 is 5.32 Å². The van der Waals surface area contributed by atoms with Gasteiger partial charge in [-0.2, -0.15) is 0 Å². The molecule has 3 rings (SSSR count). The summed E-state index contributed by atoms with van der Waals surface area (Å²) in [6.07, 6.45) is 0.977. The molecule has 2 aromatic rings. The van der Waals surface area contributed by atoms with E-state index in [-0.39, 0.29) is 5.91 Å². The van der Waals surface area contributed by atoms with Crippen molar-refractivity contribution < 1.29 is 4.79 Å². The molecule has 4 nitrogen and oxygen atoms in total. The van der Waals surface area contributed by atoms with E-state index in [0.29, 0.717) is 6.54 Å². The van der Waals surface area contributed by atoms with Gasteiger partial charge in [-0.3, -0.25) is 9.69 Å². The van der Waals surface area contributed by atoms with Crippen LogP contribution in [0.15, 0.2) is 30.3 Å². The molecule has 27 heavy (non-hydrogen) atoms. The number of amides is 1. The number of rotatable bonds is 7. The third-order valence-corrected chi connectivity index (χ3v) is 6.51. The number of aryl methyl sites for hydroxylation is 2. The van der Waals surface area contributed by atoms with Crippen LogP contribution in [0.5, 0.6) is 0 Å². The summed E-state index contributed by atoms with van der Waals surface area (Å²) >= 11 is 1.58. The fourth-order valence-electron chi connectivity index (χ4n) is 3.54. The number of hydrogen-bond donors (Lipinski definition) is 1. The number of thiophene rings is 1. The van der Waals surface area contributed by atoms with Crippen LogP contribution in [0.3, 0.4) is 0 Å². The number of piperazine rings is 1. The molecule has 0 atom stereocenters. The second kappa shape index (κ2) is 9.49. The van der Waals surface area contributed by atoms with Gasteiger partial charge in [-0.1, -0.05) is 38.1 Å². The van der Waals surface area contributed by atoms with Crippen molar-refractivity contribution in [2.45, 2.75) is 40.3 Å². The quantitative estimate of drug-likeness (QED) is 0.790. The lowest BCUT2D eigenvalue weighted by Gasteiger charge is -2.34. The topological polar surface area (TPSA) is 35.6 Å². The number of likely N-dealkylation sites (N-methyl/N-ethyl adjacent to an activating group) is 1. The molecule has 2 heterocycles. The second-order valence-electron chi connectivity index (χ2n) is 7.26. The lowest BCUT2D eigenvalue weighted by Crippen LogP contribution is -2.45. The van der Waals surface area contributed by atoms with Crippen LogP contribution in [-0.4, -0.2) is 48.4 Å². The van der Waals surface area contributed by atoms with Gasteiger partial charge in [0.2, 0.25) is 0 Å². The molecule has 1 aliphatic heterocycles. The molecule has 1 saturated heterocycles. The number of hydrogen-bond acceptors (Lipinski definition) is 4. The Morgan fingerprint density at radius 2 is 1.67 bits per heavy atom. The van der Waals surface area contributed by atoms with Crippen molar-refractivity contribution in [2.75, 3.05) is 32.7 Å². The molecule has 0 radical (unpaired) electrons. The maximum atomic E-state index is 12.4. The minimum Gasteiger partial charge on any atom is -0.347 e. The second-order valence-corrected chi connectivity index (χ2v) is 8.51. The first-order valence-corrected chi connectivity index (χ1v) is 10.8. The molecule has 0 saturated carbocycles. The van der Waals surface area contributed by atoms with Crippen molar-refractivity contribution in [3.8, 4) is 0 Å². The summed E-state index contributed by atoms with van der Waals surface area (Å²) in [5.41, 5.74) is 3.76. The molecule has 0 spiro atoms. The van der Waals surface area contributed by atoms with E-state index in [0.717, 1.165) is 43.0 Å². The fourth-order valence-corrected chi connectivity index (χ4v) is 4.57. The molecule has 0 unspecified atom stereocenters. The van der Waals surface area contributed by atoms with E-state index in [1.165, 1.54) is 29.1 Å². The summed E-state index contributed by atoms with van der Waals surface area (Å²) < 4.78 is 0. The van der Waals surface area contributed by atoms with Crippen molar-refractivity contribution in [2.24, 2.45) is 0 Å². The Hall–Kier alpha value is -1.69. The molecular weight excluding hydrogens is 354 g/mol. The monoisotopic (exact) mass is 385 g/mol. The highest BCUT2D eigenvalue weighted by atomic mass is 32.1. The van der Waals surface area contributed by atoms with Crippen LogP contribution in [0.2, 0.25) is 0 Å². The van der Waals surface area contributed by atoms with E-state index in [1.54, 1.807) is 11.3 Å². The lowest BCUT2D eigenvalue weighted by atomic mass is 10.1. The molecule has 5 heteroatoms. The number of benzene rings is 1. The van der Waals surface area contributed by atoms with Gasteiger partial charge >= 0.3 is 0 Å². The van der Waals surface area contributed by atoms with Gasteiger partial charge in [-0.05, 0) is 42.6 Å². The van der Waals surface area contributed by atoms with Crippen molar-refractivity contribution in [3.63, 3.8) is 0 Å². The predicted octanol–water partition coefficient (Wildman–Crippen LogP) is 3.69. The Bertz CT molecular complexity index is 745. The van der Waals surface area contributed by atoms with Gasteiger partial charge in [0.1, 0.15) is 0 Å². The van der Waals surface area contributed by atoms with Crippen LogP contribution in [0.1, 0.15) is 45.1 Å². The smallest absolute Gasteiger partial charge is 0.261 e. The summed E-state index contributed by atoms with van der Waals surface area (Å²) in [6.45, 7) is 13.8. The number of carbonyl (C=O) groups excluding carboxylic acids is 1. The Balaban J connectivity index is 1.48. The molecular formula is C22H31N3OS. The zero-order valence-corrected chi connectivity index (χ0v) is 17.6. The van der Waals surface area contributed by atoms with Gasteiger partial charge in [0.05, 0.1) is 4.88 Å². The van der Waals surface area contributed by atoms with Gasteiger partial charge < -0.3 is 10.2 Å². The third kappa shape index (κ3) is 5.41. The zero-order chi connectivity index (χ0) is 19.2. The van der Waals surface area contributed by atoms with Crippen LogP contribution in [0.4, 0.5) is 0 Å². The maximum Gasteiger partial charge on any atom is 0.261 e. The first-order chi connectivity index (χ1) is 13.1. The summed E-state index contributed by atoms with van der Waals surface area (Å²) in [4.78, 5) is 19.4. The Kier molecular flexibility index (Phi) is 7.05. The normalized spacial score (nSPS) is 15.8. The van der Waals surface area contributed by atoms with Gasteiger partial charge in [0, 0.05) is 44.1 Å². The highest BCUT2D eigenvalue weighted by Crippen LogP contribution is 2.22. The first-order valence-electron chi connectivity index (χ1n) is 9.99. The largest absolute Gasteiger partial charge is 0.347 e. The van der Waals surface area contributed by atoms with Crippen LogP contribution in [0.25, 0.3) is 0 Å². The minimum absolute atomic E-state index is 0.0284. The third-order valence-electron chi connectivity index (χ3n) is 5.42. The summed E-state index contributed by atoms with van der Waals surface area (Å²) in [7, 11) is 0. The Morgan fingerprint density at radius 3 is 2.26 bits per heavy atom. The summed E-state index contributed by atoms with van der Waals surface area (Å²) in [5, 5.41) is 3.05. The van der Waals surface area contributed by atoms with Gasteiger partial charge in [-0.15, -0.1) is 11.3 Å². The van der Waals surface area contributed by atoms with E-state index in [9.17, 15) is 4.79 Å². The van der Waals surface area contributed by atoms with E-state index >= 15 is 0 Å². The SMILES string of the molecule is CCc1cc(C(=O)NCc2ccc(CN3CCN(CC)CC3)cc2)sc1C. The minimum atomic E-state index is 0.0284. The zero-order valence-electron chi connectivity index (χ0n) is 16.8. The van der Waals surface area contributed by atoms with Gasteiger partial charge in [0.25, 0.3) is 5.91 Å². The van der Waals surface area contributed by atoms with E-state index in [1.807, 2.05) is 6.07 Å². The molecule has 1 N–H and O–H groups in total. The molecule has 1 aromatic heterocycles. The van der Waals surface area contributed by atoms with E-state index in [2.05, 4.69) is 60.2 Å². The molecule has 146 valence electrons. The van der Waals surface area contributed by atoms with Crippen LogP contribution in [-0.2, 0) is 19.5 Å². The summed E-state index contributed by atoms with van der Waals surface area (Å²) in [5.74, 6) is 0.0284. The van der Waals surface area contributed by atoms with E-state index in [4.69, 9.17) is 0 Å². The number of nitrogens with zero attached hydrogens (tertiary/aromatic N) is 2. The first kappa shape index (κ1) is 20.1. The van der Waals surface area contributed by atoms with E-state index < -0.39 is 0 Å². The molecule has 0 aliphatic carbocycles. The molecule has 0 bridgehead atoms. The lowest BCUT2D eigenvalue weighted by molar-refractivity contribution is 0.0955.